The van der Waals surface area contributed by atoms with Gasteiger partial charge in [0.25, 0.3) is 0 Å². The van der Waals surface area contributed by atoms with E-state index in [1.54, 1.807) is 35.0 Å². The molecule has 0 bridgehead atoms. The Balaban J connectivity index is 1.44. The Kier molecular flexibility index (Phi) is 3.99. The van der Waals surface area contributed by atoms with E-state index < -0.39 is 0 Å². The predicted molar refractivity (Wildman–Crippen MR) is 95.1 cm³/mol. The van der Waals surface area contributed by atoms with Crippen LogP contribution in [0.4, 0.5) is 0 Å². The van der Waals surface area contributed by atoms with Crippen LogP contribution in [0, 0.1) is 0 Å². The number of esters is 1. The summed E-state index contributed by atoms with van der Waals surface area (Å²) in [5.74, 6) is -0.380. The molecule has 6 heteroatoms. The molecule has 0 saturated carbocycles. The number of hydrogen-bond donors (Lipinski definition) is 0. The summed E-state index contributed by atoms with van der Waals surface area (Å²) in [4.78, 5) is 16.6. The van der Waals surface area contributed by atoms with Crippen molar-refractivity contribution in [3.63, 3.8) is 0 Å². The smallest absolute Gasteiger partial charge is 0.338 e. The molecule has 25 heavy (non-hydrogen) atoms. The van der Waals surface area contributed by atoms with Gasteiger partial charge in [0.1, 0.15) is 12.3 Å². The van der Waals surface area contributed by atoms with E-state index in [1.807, 2.05) is 47.3 Å². The summed E-state index contributed by atoms with van der Waals surface area (Å²) >= 11 is 5.95. The highest BCUT2D eigenvalue weighted by Gasteiger charge is 2.09. The van der Waals surface area contributed by atoms with E-state index in [-0.39, 0.29) is 12.6 Å². The van der Waals surface area contributed by atoms with Crippen LogP contribution in [0.1, 0.15) is 16.1 Å². The number of carbonyl (C=O) groups excluding carboxylic acids is 1. The number of nitrogens with zero attached hydrogens (tertiary/aromatic N) is 3. The van der Waals surface area contributed by atoms with Crippen molar-refractivity contribution in [1.29, 1.82) is 0 Å². The summed E-state index contributed by atoms with van der Waals surface area (Å²) in [5.41, 5.74) is 2.91. The van der Waals surface area contributed by atoms with Gasteiger partial charge in [-0.3, -0.25) is 0 Å². The van der Waals surface area contributed by atoms with E-state index in [4.69, 9.17) is 16.3 Å². The average molecular weight is 352 g/mol. The Hall–Kier alpha value is -3.05. The molecule has 0 spiro atoms. The zero-order valence-corrected chi connectivity index (χ0v) is 13.9. The first kappa shape index (κ1) is 15.5. The van der Waals surface area contributed by atoms with Crippen molar-refractivity contribution in [2.75, 3.05) is 0 Å². The van der Waals surface area contributed by atoms with Gasteiger partial charge in [0.2, 0.25) is 0 Å². The molecule has 3 aromatic heterocycles. The van der Waals surface area contributed by atoms with Gasteiger partial charge >= 0.3 is 5.97 Å². The van der Waals surface area contributed by atoms with Crippen molar-refractivity contribution in [2.24, 2.45) is 0 Å². The highest BCUT2D eigenvalue weighted by molar-refractivity contribution is 6.30. The zero-order chi connectivity index (χ0) is 17.2. The third kappa shape index (κ3) is 3.27. The van der Waals surface area contributed by atoms with Crippen LogP contribution in [-0.2, 0) is 11.3 Å². The summed E-state index contributed by atoms with van der Waals surface area (Å²) in [6.07, 6.45) is 7.45. The fraction of sp³-hybridized carbons (Fsp3) is 0.0526. The Morgan fingerprint density at radius 1 is 1.04 bits per heavy atom. The fourth-order valence-corrected chi connectivity index (χ4v) is 2.75. The quantitative estimate of drug-likeness (QED) is 0.519. The predicted octanol–water partition coefficient (Wildman–Crippen LogP) is 4.14. The van der Waals surface area contributed by atoms with Crippen LogP contribution in [0.3, 0.4) is 0 Å². The third-order valence-electron chi connectivity index (χ3n) is 3.82. The van der Waals surface area contributed by atoms with Gasteiger partial charge in [-0.05, 0) is 48.5 Å². The van der Waals surface area contributed by atoms with Gasteiger partial charge < -0.3 is 13.7 Å². The van der Waals surface area contributed by atoms with Crippen LogP contribution >= 0.6 is 11.6 Å². The molecular weight excluding hydrogens is 338 g/mol. The number of aromatic nitrogens is 3. The first-order valence-electron chi connectivity index (χ1n) is 7.73. The van der Waals surface area contributed by atoms with Crippen molar-refractivity contribution in [1.82, 2.24) is 14.0 Å². The Morgan fingerprint density at radius 2 is 1.80 bits per heavy atom. The molecule has 0 N–H and O–H groups in total. The van der Waals surface area contributed by atoms with Crippen LogP contribution in [0.5, 0.6) is 0 Å². The number of rotatable bonds is 4. The highest BCUT2D eigenvalue weighted by atomic mass is 35.5. The number of halogens is 1. The van der Waals surface area contributed by atoms with E-state index in [0.29, 0.717) is 16.3 Å². The average Bonchev–Trinajstić information content (AvgIpc) is 3.29. The first-order chi connectivity index (χ1) is 12.2. The van der Waals surface area contributed by atoms with Crippen molar-refractivity contribution < 1.29 is 9.53 Å². The van der Waals surface area contributed by atoms with Crippen LogP contribution in [0.15, 0.2) is 73.3 Å². The van der Waals surface area contributed by atoms with E-state index in [9.17, 15) is 4.79 Å². The fourth-order valence-electron chi connectivity index (χ4n) is 2.59. The number of imidazole rings is 1. The lowest BCUT2D eigenvalue weighted by Gasteiger charge is -2.05. The van der Waals surface area contributed by atoms with Gasteiger partial charge in [-0.25, -0.2) is 9.78 Å². The summed E-state index contributed by atoms with van der Waals surface area (Å²) in [6.45, 7) is 0.109. The Labute approximate surface area is 149 Å². The van der Waals surface area contributed by atoms with Gasteiger partial charge in [0, 0.05) is 30.5 Å². The second-order valence-corrected chi connectivity index (χ2v) is 5.99. The first-order valence-corrected chi connectivity index (χ1v) is 8.10. The number of ether oxygens (including phenoxy) is 1. The normalized spacial score (nSPS) is 10.9. The number of carbonyl (C=O) groups is 1. The monoisotopic (exact) mass is 351 g/mol. The van der Waals surface area contributed by atoms with Gasteiger partial charge in [-0.2, -0.15) is 0 Å². The lowest BCUT2D eigenvalue weighted by atomic mass is 10.2. The second-order valence-electron chi connectivity index (χ2n) is 5.56. The molecule has 3 heterocycles. The number of hydrogen-bond acceptors (Lipinski definition) is 3. The lowest BCUT2D eigenvalue weighted by Crippen LogP contribution is -2.05. The molecule has 0 amide bonds. The molecule has 0 saturated heterocycles. The maximum Gasteiger partial charge on any atom is 0.338 e. The summed E-state index contributed by atoms with van der Waals surface area (Å²) in [7, 11) is 0. The molecule has 5 nitrogen and oxygen atoms in total. The molecule has 0 unspecified atom stereocenters. The minimum Gasteiger partial charge on any atom is -0.456 e. The Morgan fingerprint density at radius 3 is 2.56 bits per heavy atom. The molecule has 0 aliphatic rings. The van der Waals surface area contributed by atoms with E-state index in [0.717, 1.165) is 11.3 Å². The maximum absolute atomic E-state index is 12.2. The summed E-state index contributed by atoms with van der Waals surface area (Å²) in [6, 6.07) is 14.7. The molecule has 0 aliphatic heterocycles. The van der Waals surface area contributed by atoms with E-state index in [2.05, 4.69) is 4.98 Å². The molecule has 4 rings (SSSR count). The Bertz CT molecular complexity index is 1020. The van der Waals surface area contributed by atoms with Crippen molar-refractivity contribution in [2.45, 2.75) is 6.61 Å². The van der Waals surface area contributed by atoms with Crippen LogP contribution in [-0.4, -0.2) is 19.9 Å². The molecule has 4 aromatic rings. The standard InChI is InChI=1S/C19H14ClN3O2/c20-15-5-8-18-21-16(12-23(18)11-15)13-25-19(24)14-3-6-17(7-4-14)22-9-1-2-10-22/h1-12H,13H2. The van der Waals surface area contributed by atoms with Crippen molar-refractivity contribution in [3.05, 3.63) is 89.6 Å². The summed E-state index contributed by atoms with van der Waals surface area (Å²) in [5, 5.41) is 0.622. The zero-order valence-electron chi connectivity index (χ0n) is 13.2. The number of pyridine rings is 1. The molecule has 0 radical (unpaired) electrons. The highest BCUT2D eigenvalue weighted by Crippen LogP contribution is 2.14. The van der Waals surface area contributed by atoms with E-state index in [1.165, 1.54) is 0 Å². The van der Waals surface area contributed by atoms with E-state index >= 15 is 0 Å². The van der Waals surface area contributed by atoms with Crippen molar-refractivity contribution in [3.8, 4) is 5.69 Å². The molecule has 0 aliphatic carbocycles. The SMILES string of the molecule is O=C(OCc1cn2cc(Cl)ccc2n1)c1ccc(-n2cccc2)cc1. The van der Waals surface area contributed by atoms with Gasteiger partial charge in [-0.15, -0.1) is 0 Å². The maximum atomic E-state index is 12.2. The molecular formula is C19H14ClN3O2. The summed E-state index contributed by atoms with van der Waals surface area (Å²) < 4.78 is 9.12. The largest absolute Gasteiger partial charge is 0.456 e. The minimum atomic E-state index is -0.380. The minimum absolute atomic E-state index is 0.109. The van der Waals surface area contributed by atoms with Crippen LogP contribution < -0.4 is 0 Å². The lowest BCUT2D eigenvalue weighted by molar-refractivity contribution is 0.0468. The molecule has 0 fully saturated rings. The van der Waals surface area contributed by atoms with Gasteiger partial charge in [0.05, 0.1) is 16.3 Å². The number of benzene rings is 1. The molecule has 0 atom stereocenters. The molecule has 124 valence electrons. The van der Waals surface area contributed by atoms with Gasteiger partial charge in [0.15, 0.2) is 0 Å². The topological polar surface area (TPSA) is 48.5 Å². The second kappa shape index (κ2) is 6.45. The third-order valence-corrected chi connectivity index (χ3v) is 4.05. The van der Waals surface area contributed by atoms with Crippen molar-refractivity contribution >= 4 is 23.2 Å². The van der Waals surface area contributed by atoms with Gasteiger partial charge in [-0.1, -0.05) is 11.6 Å². The molecule has 1 aromatic carbocycles. The number of fused-ring (bicyclic) bond motifs is 1. The van der Waals surface area contributed by atoms with Crippen LogP contribution in [0.2, 0.25) is 5.02 Å². The van der Waals surface area contributed by atoms with Crippen LogP contribution in [0.25, 0.3) is 11.3 Å².